The lowest BCUT2D eigenvalue weighted by molar-refractivity contribution is -0.133. The predicted octanol–water partition coefficient (Wildman–Crippen LogP) is 2.85. The molecule has 0 spiro atoms. The topological polar surface area (TPSA) is 58.2 Å². The molecule has 2 rings (SSSR count). The van der Waals surface area contributed by atoms with E-state index in [1.165, 1.54) is 0 Å². The van der Waals surface area contributed by atoms with Crippen LogP contribution >= 0.6 is 0 Å². The molecule has 0 saturated heterocycles. The Morgan fingerprint density at radius 1 is 0.952 bits per heavy atom. The van der Waals surface area contributed by atoms with Gasteiger partial charge in [-0.15, -0.1) is 0 Å². The maximum Gasteiger partial charge on any atom is 0.314 e. The van der Waals surface area contributed by atoms with Gasteiger partial charge in [0.25, 0.3) is 0 Å². The Balaban J connectivity index is 2.04. The summed E-state index contributed by atoms with van der Waals surface area (Å²) in [6.07, 6.45) is 0. The van der Waals surface area contributed by atoms with Crippen molar-refractivity contribution in [1.82, 2.24) is 0 Å². The molecule has 4 nitrogen and oxygen atoms in total. The van der Waals surface area contributed by atoms with Crippen LogP contribution in [-0.4, -0.2) is 11.8 Å². The third-order valence-electron chi connectivity index (χ3n) is 2.66. The van der Waals surface area contributed by atoms with Gasteiger partial charge in [0.2, 0.25) is 0 Å². The van der Waals surface area contributed by atoms with Gasteiger partial charge >= 0.3 is 11.8 Å². The zero-order valence-corrected chi connectivity index (χ0v) is 11.1. The van der Waals surface area contributed by atoms with E-state index in [1.807, 2.05) is 13.0 Å². The highest BCUT2D eigenvalue weighted by Gasteiger charge is 2.16. The van der Waals surface area contributed by atoms with Gasteiger partial charge in [0.1, 0.15) is 11.6 Å². The van der Waals surface area contributed by atoms with Gasteiger partial charge in [-0.1, -0.05) is 12.1 Å². The molecule has 0 aliphatic carbocycles. The summed E-state index contributed by atoms with van der Waals surface area (Å²) in [4.78, 5) is 23.3. The van der Waals surface area contributed by atoms with E-state index >= 15 is 0 Å². The van der Waals surface area contributed by atoms with Crippen molar-refractivity contribution in [2.24, 2.45) is 0 Å². The van der Waals surface area contributed by atoms with Crippen LogP contribution in [0, 0.1) is 18.6 Å². The fraction of sp³-hybridized carbons (Fsp3) is 0.0667. The van der Waals surface area contributed by atoms with E-state index < -0.39 is 23.4 Å². The molecule has 0 heterocycles. The first-order valence-corrected chi connectivity index (χ1v) is 6.10. The Bertz CT molecular complexity index is 702. The smallest absolute Gasteiger partial charge is 0.314 e. The monoisotopic (exact) mass is 290 g/mol. The number of hydrogen-bond acceptors (Lipinski definition) is 2. The van der Waals surface area contributed by atoms with Crippen LogP contribution in [-0.2, 0) is 9.59 Å². The van der Waals surface area contributed by atoms with Crippen molar-refractivity contribution >= 4 is 23.2 Å². The molecular weight excluding hydrogens is 278 g/mol. The van der Waals surface area contributed by atoms with Crippen LogP contribution in [0.5, 0.6) is 0 Å². The number of benzene rings is 2. The molecule has 2 aromatic rings. The predicted molar refractivity (Wildman–Crippen MR) is 74.8 cm³/mol. The van der Waals surface area contributed by atoms with Gasteiger partial charge < -0.3 is 10.6 Å². The first kappa shape index (κ1) is 14.6. The molecular formula is C15H12F2N2O2. The molecule has 2 N–H and O–H groups in total. The first-order valence-electron chi connectivity index (χ1n) is 6.10. The second kappa shape index (κ2) is 6.13. The number of hydrogen-bond donors (Lipinski definition) is 2. The van der Waals surface area contributed by atoms with Crippen LogP contribution in [0.25, 0.3) is 0 Å². The number of aryl methyl sites for hydroxylation is 1. The van der Waals surface area contributed by atoms with E-state index in [9.17, 15) is 18.4 Å². The zero-order valence-electron chi connectivity index (χ0n) is 11.1. The molecule has 0 aromatic heterocycles. The maximum atomic E-state index is 13.4. The summed E-state index contributed by atoms with van der Waals surface area (Å²) >= 11 is 0. The van der Waals surface area contributed by atoms with Gasteiger partial charge in [0.05, 0.1) is 5.69 Å². The van der Waals surface area contributed by atoms with Crippen molar-refractivity contribution in [3.8, 4) is 0 Å². The minimum absolute atomic E-state index is 0.263. The summed E-state index contributed by atoms with van der Waals surface area (Å²) < 4.78 is 26.1. The van der Waals surface area contributed by atoms with E-state index in [0.29, 0.717) is 11.8 Å². The number of carbonyl (C=O) groups excluding carboxylic acids is 2. The molecule has 6 heteroatoms. The molecule has 21 heavy (non-hydrogen) atoms. The quantitative estimate of drug-likeness (QED) is 0.836. The molecule has 108 valence electrons. The van der Waals surface area contributed by atoms with Crippen molar-refractivity contribution in [2.75, 3.05) is 10.6 Å². The largest absolute Gasteiger partial charge is 0.318 e. The fourth-order valence-corrected chi connectivity index (χ4v) is 1.68. The number of carbonyl (C=O) groups is 2. The Hall–Kier alpha value is -2.76. The van der Waals surface area contributed by atoms with Crippen molar-refractivity contribution in [1.29, 1.82) is 0 Å². The van der Waals surface area contributed by atoms with Gasteiger partial charge in [0, 0.05) is 11.8 Å². The summed E-state index contributed by atoms with van der Waals surface area (Å²) in [5.74, 6) is -3.70. The number of rotatable bonds is 2. The molecule has 2 aromatic carbocycles. The Morgan fingerprint density at radius 2 is 1.67 bits per heavy atom. The van der Waals surface area contributed by atoms with Crippen molar-refractivity contribution < 1.29 is 18.4 Å². The summed E-state index contributed by atoms with van der Waals surface area (Å²) in [6, 6.07) is 9.51. The van der Waals surface area contributed by atoms with E-state index in [1.54, 1.807) is 18.2 Å². The third-order valence-corrected chi connectivity index (χ3v) is 2.66. The SMILES string of the molecule is Cc1cccc(NC(=O)C(=O)Nc2ccc(F)cc2F)c1. The zero-order chi connectivity index (χ0) is 15.4. The highest BCUT2D eigenvalue weighted by molar-refractivity contribution is 6.43. The van der Waals surface area contributed by atoms with Gasteiger partial charge in [-0.25, -0.2) is 8.78 Å². The van der Waals surface area contributed by atoms with Crippen LogP contribution in [0.4, 0.5) is 20.2 Å². The lowest BCUT2D eigenvalue weighted by atomic mass is 10.2. The Kier molecular flexibility index (Phi) is 4.27. The molecule has 2 amide bonds. The third kappa shape index (κ3) is 3.85. The summed E-state index contributed by atoms with van der Waals surface area (Å²) in [7, 11) is 0. The molecule has 0 saturated carbocycles. The summed E-state index contributed by atoms with van der Waals surface area (Å²) in [5, 5.41) is 4.47. The fourth-order valence-electron chi connectivity index (χ4n) is 1.68. The van der Waals surface area contributed by atoms with E-state index in [-0.39, 0.29) is 5.69 Å². The minimum Gasteiger partial charge on any atom is -0.318 e. The standard InChI is InChI=1S/C15H12F2N2O2/c1-9-3-2-4-11(7-9)18-14(20)15(21)19-13-6-5-10(16)8-12(13)17/h2-8H,1H3,(H,18,20)(H,19,21). The van der Waals surface area contributed by atoms with E-state index in [2.05, 4.69) is 10.6 Å². The van der Waals surface area contributed by atoms with Gasteiger partial charge in [-0.3, -0.25) is 9.59 Å². The summed E-state index contributed by atoms with van der Waals surface area (Å²) in [6.45, 7) is 1.84. The van der Waals surface area contributed by atoms with Crippen LogP contribution in [0.3, 0.4) is 0 Å². The molecule has 0 aliphatic rings. The average Bonchev–Trinajstić information content (AvgIpc) is 2.41. The normalized spacial score (nSPS) is 10.0. The lowest BCUT2D eigenvalue weighted by Gasteiger charge is -2.07. The van der Waals surface area contributed by atoms with Gasteiger partial charge in [0.15, 0.2) is 0 Å². The lowest BCUT2D eigenvalue weighted by Crippen LogP contribution is -2.29. The van der Waals surface area contributed by atoms with Gasteiger partial charge in [-0.2, -0.15) is 0 Å². The highest BCUT2D eigenvalue weighted by Crippen LogP contribution is 2.15. The molecule has 0 fully saturated rings. The number of amides is 2. The maximum absolute atomic E-state index is 13.4. The number of halogens is 2. The second-order valence-electron chi connectivity index (χ2n) is 4.40. The average molecular weight is 290 g/mol. The Morgan fingerprint density at radius 3 is 2.33 bits per heavy atom. The van der Waals surface area contributed by atoms with Crippen molar-refractivity contribution in [2.45, 2.75) is 6.92 Å². The molecule has 0 unspecified atom stereocenters. The van der Waals surface area contributed by atoms with Crippen LogP contribution in [0.15, 0.2) is 42.5 Å². The molecule has 0 bridgehead atoms. The Labute approximate surface area is 119 Å². The minimum atomic E-state index is -1.04. The second-order valence-corrected chi connectivity index (χ2v) is 4.40. The van der Waals surface area contributed by atoms with Crippen molar-refractivity contribution in [3.05, 3.63) is 59.7 Å². The molecule has 0 radical (unpaired) electrons. The summed E-state index contributed by atoms with van der Waals surface area (Å²) in [5.41, 5.74) is 1.10. The van der Waals surface area contributed by atoms with Crippen molar-refractivity contribution in [3.63, 3.8) is 0 Å². The highest BCUT2D eigenvalue weighted by atomic mass is 19.1. The number of anilines is 2. The van der Waals surface area contributed by atoms with Gasteiger partial charge in [-0.05, 0) is 36.8 Å². The first-order chi connectivity index (χ1) is 9.95. The number of nitrogens with one attached hydrogen (secondary N) is 2. The van der Waals surface area contributed by atoms with E-state index in [0.717, 1.165) is 17.7 Å². The van der Waals surface area contributed by atoms with Crippen LogP contribution in [0.2, 0.25) is 0 Å². The van der Waals surface area contributed by atoms with Crippen LogP contribution < -0.4 is 10.6 Å². The molecule has 0 aliphatic heterocycles. The molecule has 0 atom stereocenters. The van der Waals surface area contributed by atoms with E-state index in [4.69, 9.17) is 0 Å². The van der Waals surface area contributed by atoms with Crippen LogP contribution in [0.1, 0.15) is 5.56 Å².